The SMILES string of the molecule is O=C(c1cc(Cl)cc(Cl)c1I)N1CCC(Cc2ccccc2)CC1. The summed E-state index contributed by atoms with van der Waals surface area (Å²) in [6.45, 7) is 1.58. The fourth-order valence-corrected chi connectivity index (χ4v) is 4.21. The largest absolute Gasteiger partial charge is 0.339 e. The molecule has 126 valence electrons. The van der Waals surface area contributed by atoms with Crippen molar-refractivity contribution >= 4 is 51.7 Å². The number of nitrogens with zero attached hydrogens (tertiary/aromatic N) is 1. The maximum Gasteiger partial charge on any atom is 0.255 e. The summed E-state index contributed by atoms with van der Waals surface area (Å²) < 4.78 is 0.773. The number of likely N-dealkylation sites (tertiary alicyclic amines) is 1. The monoisotopic (exact) mass is 473 g/mol. The van der Waals surface area contributed by atoms with Crippen LogP contribution in [0.5, 0.6) is 0 Å². The number of amides is 1. The van der Waals surface area contributed by atoms with E-state index >= 15 is 0 Å². The van der Waals surface area contributed by atoms with Gasteiger partial charge in [0.2, 0.25) is 0 Å². The Kier molecular flexibility index (Phi) is 6.06. The van der Waals surface area contributed by atoms with Gasteiger partial charge in [0.25, 0.3) is 5.91 Å². The molecule has 0 atom stereocenters. The summed E-state index contributed by atoms with van der Waals surface area (Å²) in [7, 11) is 0. The summed E-state index contributed by atoms with van der Waals surface area (Å²) in [5.74, 6) is 0.667. The molecule has 24 heavy (non-hydrogen) atoms. The fraction of sp³-hybridized carbons (Fsp3) is 0.316. The van der Waals surface area contributed by atoms with Gasteiger partial charge < -0.3 is 4.90 Å². The molecule has 1 saturated heterocycles. The molecule has 0 radical (unpaired) electrons. The molecule has 1 heterocycles. The Morgan fingerprint density at radius 3 is 2.46 bits per heavy atom. The number of hydrogen-bond acceptors (Lipinski definition) is 1. The minimum absolute atomic E-state index is 0.0296. The van der Waals surface area contributed by atoms with Gasteiger partial charge in [-0.15, -0.1) is 0 Å². The van der Waals surface area contributed by atoms with Crippen LogP contribution >= 0.6 is 45.8 Å². The first-order valence-corrected chi connectivity index (χ1v) is 9.86. The van der Waals surface area contributed by atoms with Crippen LogP contribution in [-0.2, 0) is 6.42 Å². The number of carbonyl (C=O) groups excluding carboxylic acids is 1. The lowest BCUT2D eigenvalue weighted by molar-refractivity contribution is 0.0689. The first-order chi connectivity index (χ1) is 11.5. The second kappa shape index (κ2) is 8.07. The Morgan fingerprint density at radius 1 is 1.12 bits per heavy atom. The van der Waals surface area contributed by atoms with Crippen molar-refractivity contribution in [1.82, 2.24) is 4.90 Å². The Hall–Kier alpha value is -0.780. The van der Waals surface area contributed by atoms with Gasteiger partial charge in [0.05, 0.1) is 10.6 Å². The average molecular weight is 474 g/mol. The van der Waals surface area contributed by atoms with E-state index in [1.807, 2.05) is 11.0 Å². The highest BCUT2D eigenvalue weighted by Gasteiger charge is 2.25. The first kappa shape index (κ1) is 18.0. The van der Waals surface area contributed by atoms with E-state index in [1.165, 1.54) is 5.56 Å². The molecular formula is C19H18Cl2INO. The van der Waals surface area contributed by atoms with Crippen molar-refractivity contribution in [3.8, 4) is 0 Å². The van der Waals surface area contributed by atoms with Crippen LogP contribution in [0.1, 0.15) is 28.8 Å². The van der Waals surface area contributed by atoms with Gasteiger partial charge in [0.1, 0.15) is 0 Å². The highest BCUT2D eigenvalue weighted by Crippen LogP contribution is 2.29. The molecule has 2 aromatic carbocycles. The maximum atomic E-state index is 12.8. The van der Waals surface area contributed by atoms with Crippen molar-refractivity contribution in [3.63, 3.8) is 0 Å². The second-order valence-corrected chi connectivity index (χ2v) is 8.10. The molecule has 3 rings (SSSR count). The van der Waals surface area contributed by atoms with E-state index in [4.69, 9.17) is 23.2 Å². The molecule has 0 bridgehead atoms. The zero-order valence-electron chi connectivity index (χ0n) is 13.1. The summed E-state index contributed by atoms with van der Waals surface area (Å²) in [5, 5.41) is 1.04. The van der Waals surface area contributed by atoms with Crippen molar-refractivity contribution in [2.24, 2.45) is 5.92 Å². The highest BCUT2D eigenvalue weighted by molar-refractivity contribution is 14.1. The molecule has 1 amide bonds. The molecule has 0 aromatic heterocycles. The van der Waals surface area contributed by atoms with Crippen LogP contribution in [0.3, 0.4) is 0 Å². The quantitative estimate of drug-likeness (QED) is 0.414. The van der Waals surface area contributed by atoms with Crippen LogP contribution in [0.15, 0.2) is 42.5 Å². The molecular weight excluding hydrogens is 456 g/mol. The lowest BCUT2D eigenvalue weighted by atomic mass is 9.90. The Balaban J connectivity index is 1.63. The van der Waals surface area contributed by atoms with E-state index < -0.39 is 0 Å². The smallest absolute Gasteiger partial charge is 0.255 e. The van der Waals surface area contributed by atoms with E-state index in [2.05, 4.69) is 46.9 Å². The number of halogens is 3. The predicted octanol–water partition coefficient (Wildman–Crippen LogP) is 5.69. The van der Waals surface area contributed by atoms with Crippen molar-refractivity contribution in [2.45, 2.75) is 19.3 Å². The number of hydrogen-bond donors (Lipinski definition) is 0. The van der Waals surface area contributed by atoms with Crippen LogP contribution in [0.2, 0.25) is 10.0 Å². The molecule has 0 spiro atoms. The molecule has 0 saturated carbocycles. The first-order valence-electron chi connectivity index (χ1n) is 8.02. The summed E-state index contributed by atoms with van der Waals surface area (Å²) in [4.78, 5) is 14.7. The molecule has 2 aromatic rings. The van der Waals surface area contributed by atoms with Gasteiger partial charge in [-0.25, -0.2) is 0 Å². The van der Waals surface area contributed by atoms with Gasteiger partial charge in [-0.1, -0.05) is 53.5 Å². The van der Waals surface area contributed by atoms with E-state index in [-0.39, 0.29) is 5.91 Å². The standard InChI is InChI=1S/C19H18Cl2INO/c20-15-11-16(18(22)17(21)12-15)19(24)23-8-6-14(7-9-23)10-13-4-2-1-3-5-13/h1-5,11-12,14H,6-10H2. The van der Waals surface area contributed by atoms with Gasteiger partial charge >= 0.3 is 0 Å². The van der Waals surface area contributed by atoms with Gasteiger partial charge in [-0.05, 0) is 65.5 Å². The van der Waals surface area contributed by atoms with E-state index in [0.717, 1.165) is 35.9 Å². The zero-order valence-corrected chi connectivity index (χ0v) is 16.8. The maximum absolute atomic E-state index is 12.8. The Morgan fingerprint density at radius 2 is 1.79 bits per heavy atom. The molecule has 0 N–H and O–H groups in total. The number of piperidine rings is 1. The third kappa shape index (κ3) is 4.24. The van der Waals surface area contributed by atoms with Crippen LogP contribution in [0.25, 0.3) is 0 Å². The fourth-order valence-electron chi connectivity index (χ4n) is 3.17. The molecule has 1 aliphatic rings. The Bertz CT molecular complexity index is 728. The third-order valence-corrected chi connectivity index (χ3v) is 6.49. The minimum Gasteiger partial charge on any atom is -0.339 e. The van der Waals surface area contributed by atoms with Crippen molar-refractivity contribution in [1.29, 1.82) is 0 Å². The predicted molar refractivity (Wildman–Crippen MR) is 108 cm³/mol. The van der Waals surface area contributed by atoms with Crippen molar-refractivity contribution in [2.75, 3.05) is 13.1 Å². The second-order valence-electron chi connectivity index (χ2n) is 6.17. The molecule has 0 aliphatic carbocycles. The van der Waals surface area contributed by atoms with E-state index in [1.54, 1.807) is 12.1 Å². The van der Waals surface area contributed by atoms with Gasteiger partial charge in [-0.2, -0.15) is 0 Å². The van der Waals surface area contributed by atoms with Crippen LogP contribution in [0, 0.1) is 9.49 Å². The number of rotatable bonds is 3. The topological polar surface area (TPSA) is 20.3 Å². The van der Waals surface area contributed by atoms with E-state index in [9.17, 15) is 4.79 Å². The molecule has 5 heteroatoms. The van der Waals surface area contributed by atoms with Crippen molar-refractivity contribution < 1.29 is 4.79 Å². The van der Waals surface area contributed by atoms with Gasteiger partial charge in [0, 0.05) is 21.7 Å². The highest BCUT2D eigenvalue weighted by atomic mass is 127. The minimum atomic E-state index is 0.0296. The van der Waals surface area contributed by atoms with E-state index in [0.29, 0.717) is 21.5 Å². The lowest BCUT2D eigenvalue weighted by Crippen LogP contribution is -2.39. The lowest BCUT2D eigenvalue weighted by Gasteiger charge is -2.32. The van der Waals surface area contributed by atoms with Crippen LogP contribution < -0.4 is 0 Å². The molecule has 2 nitrogen and oxygen atoms in total. The third-order valence-electron chi connectivity index (χ3n) is 4.49. The summed E-state index contributed by atoms with van der Waals surface area (Å²) in [6.07, 6.45) is 3.15. The van der Waals surface area contributed by atoms with Gasteiger partial charge in [0.15, 0.2) is 0 Å². The van der Waals surface area contributed by atoms with Crippen molar-refractivity contribution in [3.05, 3.63) is 67.2 Å². The molecule has 0 unspecified atom stereocenters. The number of benzene rings is 2. The van der Waals surface area contributed by atoms with Crippen LogP contribution in [0.4, 0.5) is 0 Å². The van der Waals surface area contributed by atoms with Gasteiger partial charge in [-0.3, -0.25) is 4.79 Å². The van der Waals surface area contributed by atoms with Crippen LogP contribution in [-0.4, -0.2) is 23.9 Å². The molecule has 1 fully saturated rings. The Labute approximate surface area is 166 Å². The summed E-state index contributed by atoms with van der Waals surface area (Å²) >= 11 is 14.3. The molecule has 1 aliphatic heterocycles. The number of carbonyl (C=O) groups is 1. The average Bonchev–Trinajstić information content (AvgIpc) is 2.59. The zero-order chi connectivity index (χ0) is 17.1. The summed E-state index contributed by atoms with van der Waals surface area (Å²) in [6, 6.07) is 13.9. The summed E-state index contributed by atoms with van der Waals surface area (Å²) in [5.41, 5.74) is 1.98. The normalized spacial score (nSPS) is 15.5.